The van der Waals surface area contributed by atoms with Crippen molar-refractivity contribution in [3.8, 4) is 0 Å². The van der Waals surface area contributed by atoms with Crippen LogP contribution in [0.25, 0.3) is 11.0 Å². The molecule has 0 atom stereocenters. The van der Waals surface area contributed by atoms with Crippen molar-refractivity contribution >= 4 is 11.0 Å². The molecule has 1 fully saturated rings. The Bertz CT molecular complexity index is 662. The maximum Gasteiger partial charge on any atom is 0.262 e. The van der Waals surface area contributed by atoms with Gasteiger partial charge in [-0.25, -0.2) is 9.67 Å². The van der Waals surface area contributed by atoms with E-state index in [1.54, 1.807) is 6.20 Å². The monoisotopic (exact) mass is 288 g/mol. The van der Waals surface area contributed by atoms with E-state index >= 15 is 0 Å². The second kappa shape index (κ2) is 6.00. The standard InChI is InChI=1S/C16H24N4O/c1-3-12(4-2)20-15-13(10-17-20)16(21)19-14(18-15)9-11-7-5-6-8-11/h10-12H,3-9H2,1-2H3,(H,18,19,21). The van der Waals surface area contributed by atoms with E-state index in [4.69, 9.17) is 4.98 Å². The van der Waals surface area contributed by atoms with Crippen molar-refractivity contribution in [1.82, 2.24) is 19.7 Å². The molecule has 3 rings (SSSR count). The second-order valence-corrected chi connectivity index (χ2v) is 6.16. The summed E-state index contributed by atoms with van der Waals surface area (Å²) in [6.07, 6.45) is 9.67. The predicted molar refractivity (Wildman–Crippen MR) is 83.4 cm³/mol. The Morgan fingerprint density at radius 2 is 2.05 bits per heavy atom. The minimum Gasteiger partial charge on any atom is -0.310 e. The maximum absolute atomic E-state index is 12.2. The van der Waals surface area contributed by atoms with Gasteiger partial charge in [0.2, 0.25) is 0 Å². The first-order valence-electron chi connectivity index (χ1n) is 8.19. The average molecular weight is 288 g/mol. The summed E-state index contributed by atoms with van der Waals surface area (Å²) in [7, 11) is 0. The van der Waals surface area contributed by atoms with Crippen LogP contribution in [0.4, 0.5) is 0 Å². The predicted octanol–water partition coefficient (Wildman–Crippen LogP) is 3.21. The van der Waals surface area contributed by atoms with Gasteiger partial charge in [-0.1, -0.05) is 39.5 Å². The lowest BCUT2D eigenvalue weighted by molar-refractivity contribution is 0.437. The number of rotatable bonds is 5. The smallest absolute Gasteiger partial charge is 0.262 e. The van der Waals surface area contributed by atoms with Gasteiger partial charge in [0.25, 0.3) is 5.56 Å². The van der Waals surface area contributed by atoms with Gasteiger partial charge in [-0.15, -0.1) is 0 Å². The molecule has 1 aliphatic carbocycles. The molecule has 0 unspecified atom stereocenters. The first kappa shape index (κ1) is 14.3. The Morgan fingerprint density at radius 1 is 1.33 bits per heavy atom. The van der Waals surface area contributed by atoms with Gasteiger partial charge in [0.05, 0.1) is 12.2 Å². The van der Waals surface area contributed by atoms with Crippen LogP contribution in [0.2, 0.25) is 0 Å². The zero-order valence-corrected chi connectivity index (χ0v) is 12.9. The number of nitrogens with zero attached hydrogens (tertiary/aromatic N) is 3. The highest BCUT2D eigenvalue weighted by molar-refractivity contribution is 5.73. The van der Waals surface area contributed by atoms with Crippen LogP contribution in [0.15, 0.2) is 11.0 Å². The highest BCUT2D eigenvalue weighted by Gasteiger charge is 2.19. The third-order valence-electron chi connectivity index (χ3n) is 4.76. The fraction of sp³-hybridized carbons (Fsp3) is 0.688. The molecule has 1 aliphatic rings. The van der Waals surface area contributed by atoms with E-state index in [1.165, 1.54) is 25.7 Å². The third kappa shape index (κ3) is 2.74. The zero-order valence-electron chi connectivity index (χ0n) is 12.9. The first-order chi connectivity index (χ1) is 10.2. The molecule has 0 amide bonds. The van der Waals surface area contributed by atoms with Crippen molar-refractivity contribution in [1.29, 1.82) is 0 Å². The SMILES string of the molecule is CCC(CC)n1ncc2c(=O)[nH]c(CC3CCCC3)nc21. The number of H-pyrrole nitrogens is 1. The third-order valence-corrected chi connectivity index (χ3v) is 4.76. The van der Waals surface area contributed by atoms with E-state index in [9.17, 15) is 4.79 Å². The summed E-state index contributed by atoms with van der Waals surface area (Å²) in [5.74, 6) is 1.50. The van der Waals surface area contributed by atoms with Crippen LogP contribution in [0.5, 0.6) is 0 Å². The minimum atomic E-state index is -0.0507. The lowest BCUT2D eigenvalue weighted by atomic mass is 10.0. The van der Waals surface area contributed by atoms with Crippen molar-refractivity contribution in [3.05, 3.63) is 22.4 Å². The van der Waals surface area contributed by atoms with Gasteiger partial charge >= 0.3 is 0 Å². The Kier molecular flexibility index (Phi) is 4.08. The number of nitrogens with one attached hydrogen (secondary N) is 1. The van der Waals surface area contributed by atoms with Gasteiger partial charge in [-0.05, 0) is 18.8 Å². The minimum absolute atomic E-state index is 0.0507. The molecule has 0 spiro atoms. The molecule has 0 bridgehead atoms. The highest BCUT2D eigenvalue weighted by Crippen LogP contribution is 2.27. The van der Waals surface area contributed by atoms with Gasteiger partial charge in [0.1, 0.15) is 11.2 Å². The van der Waals surface area contributed by atoms with Crippen LogP contribution in [-0.4, -0.2) is 19.7 Å². The molecule has 1 N–H and O–H groups in total. The molecule has 0 saturated heterocycles. The van der Waals surface area contributed by atoms with E-state index in [1.807, 2.05) is 4.68 Å². The Balaban J connectivity index is 1.99. The van der Waals surface area contributed by atoms with Crippen molar-refractivity contribution in [2.75, 3.05) is 0 Å². The van der Waals surface area contributed by atoms with Gasteiger partial charge in [-0.2, -0.15) is 5.10 Å². The summed E-state index contributed by atoms with van der Waals surface area (Å²) < 4.78 is 1.93. The fourth-order valence-corrected chi connectivity index (χ4v) is 3.47. The number of hydrogen-bond donors (Lipinski definition) is 1. The van der Waals surface area contributed by atoms with E-state index < -0.39 is 0 Å². The molecule has 5 heteroatoms. The largest absolute Gasteiger partial charge is 0.310 e. The topological polar surface area (TPSA) is 63.6 Å². The number of hydrogen-bond acceptors (Lipinski definition) is 3. The molecular formula is C16H24N4O. The molecule has 114 valence electrons. The zero-order chi connectivity index (χ0) is 14.8. The van der Waals surface area contributed by atoms with Crippen LogP contribution >= 0.6 is 0 Å². The summed E-state index contributed by atoms with van der Waals surface area (Å²) in [6.45, 7) is 4.29. The summed E-state index contributed by atoms with van der Waals surface area (Å²) in [6, 6.07) is 0.316. The van der Waals surface area contributed by atoms with Crippen LogP contribution in [0, 0.1) is 5.92 Å². The van der Waals surface area contributed by atoms with Gasteiger partial charge in [0.15, 0.2) is 5.65 Å². The molecule has 5 nitrogen and oxygen atoms in total. The van der Waals surface area contributed by atoms with Crippen LogP contribution in [0.3, 0.4) is 0 Å². The molecular weight excluding hydrogens is 264 g/mol. The quantitative estimate of drug-likeness (QED) is 0.918. The highest BCUT2D eigenvalue weighted by atomic mass is 16.1. The van der Waals surface area contributed by atoms with Crippen molar-refractivity contribution < 1.29 is 0 Å². The molecule has 1 saturated carbocycles. The van der Waals surface area contributed by atoms with Gasteiger partial charge in [-0.3, -0.25) is 4.79 Å². The van der Waals surface area contributed by atoms with Crippen molar-refractivity contribution in [3.63, 3.8) is 0 Å². The summed E-state index contributed by atoms with van der Waals surface area (Å²) in [5, 5.41) is 5.01. The summed E-state index contributed by atoms with van der Waals surface area (Å²) in [5.41, 5.74) is 0.700. The van der Waals surface area contributed by atoms with Crippen LogP contribution in [0.1, 0.15) is 64.2 Å². The molecule has 0 radical (unpaired) electrons. The normalized spacial score (nSPS) is 16.3. The number of fused-ring (bicyclic) bond motifs is 1. The Hall–Kier alpha value is -1.65. The molecule has 2 aromatic rings. The van der Waals surface area contributed by atoms with Crippen LogP contribution in [-0.2, 0) is 6.42 Å². The summed E-state index contributed by atoms with van der Waals surface area (Å²) >= 11 is 0. The van der Waals surface area contributed by atoms with Gasteiger partial charge in [0, 0.05) is 6.42 Å². The molecule has 0 aromatic carbocycles. The lowest BCUT2D eigenvalue weighted by Gasteiger charge is -2.14. The fourth-order valence-electron chi connectivity index (χ4n) is 3.47. The first-order valence-corrected chi connectivity index (χ1v) is 8.19. The average Bonchev–Trinajstić information content (AvgIpc) is 3.11. The molecule has 0 aliphatic heterocycles. The maximum atomic E-state index is 12.2. The van der Waals surface area contributed by atoms with Gasteiger partial charge < -0.3 is 4.98 Å². The van der Waals surface area contributed by atoms with E-state index in [0.29, 0.717) is 17.3 Å². The number of aromatic amines is 1. The second-order valence-electron chi connectivity index (χ2n) is 6.16. The summed E-state index contributed by atoms with van der Waals surface area (Å²) in [4.78, 5) is 19.9. The van der Waals surface area contributed by atoms with Crippen molar-refractivity contribution in [2.24, 2.45) is 5.92 Å². The number of aromatic nitrogens is 4. The van der Waals surface area contributed by atoms with E-state index in [-0.39, 0.29) is 5.56 Å². The molecule has 2 heterocycles. The van der Waals surface area contributed by atoms with Crippen LogP contribution < -0.4 is 5.56 Å². The Labute approximate surface area is 124 Å². The Morgan fingerprint density at radius 3 is 2.71 bits per heavy atom. The van der Waals surface area contributed by atoms with Crippen molar-refractivity contribution in [2.45, 2.75) is 64.8 Å². The van der Waals surface area contributed by atoms with E-state index in [0.717, 1.165) is 30.7 Å². The lowest BCUT2D eigenvalue weighted by Crippen LogP contribution is -2.16. The molecule has 2 aromatic heterocycles. The molecule has 21 heavy (non-hydrogen) atoms. The van der Waals surface area contributed by atoms with E-state index in [2.05, 4.69) is 23.9 Å².